The van der Waals surface area contributed by atoms with Crippen LogP contribution in [0.1, 0.15) is 25.8 Å². The zero-order valence-corrected chi connectivity index (χ0v) is 11.8. The van der Waals surface area contributed by atoms with Gasteiger partial charge in [-0.05, 0) is 25.5 Å². The highest BCUT2D eigenvalue weighted by Gasteiger charge is 2.16. The second-order valence-corrected chi connectivity index (χ2v) is 5.00. The number of pyridine rings is 1. The first-order valence-corrected chi connectivity index (χ1v) is 6.28. The van der Waals surface area contributed by atoms with Crippen molar-refractivity contribution in [1.82, 2.24) is 4.98 Å². The number of hydrogen-bond donors (Lipinski definition) is 0. The molecule has 0 atom stereocenters. The molecule has 0 fully saturated rings. The lowest BCUT2D eigenvalue weighted by Gasteiger charge is -2.22. The molecule has 96 valence electrons. The maximum Gasteiger partial charge on any atom is 0.232 e. The van der Waals surface area contributed by atoms with Gasteiger partial charge in [-0.2, -0.15) is 0 Å². The molecule has 0 saturated carbocycles. The van der Waals surface area contributed by atoms with E-state index in [-0.39, 0.29) is 5.60 Å². The average molecular weight is 278 g/mol. The van der Waals surface area contributed by atoms with E-state index in [0.717, 1.165) is 12.0 Å². The van der Waals surface area contributed by atoms with Gasteiger partial charge in [-0.15, -0.1) is 11.6 Å². The van der Waals surface area contributed by atoms with Crippen LogP contribution in [0.4, 0.5) is 0 Å². The van der Waals surface area contributed by atoms with Crippen LogP contribution in [-0.2, 0) is 10.6 Å². The summed E-state index contributed by atoms with van der Waals surface area (Å²) in [6.45, 7) is 4.51. The van der Waals surface area contributed by atoms with Crippen molar-refractivity contribution >= 4 is 23.2 Å². The number of halogens is 2. The van der Waals surface area contributed by atoms with E-state index >= 15 is 0 Å². The van der Waals surface area contributed by atoms with E-state index in [1.54, 1.807) is 19.4 Å². The van der Waals surface area contributed by atoms with Crippen molar-refractivity contribution in [1.29, 1.82) is 0 Å². The number of methoxy groups -OCH3 is 1. The second kappa shape index (κ2) is 6.43. The Morgan fingerprint density at radius 1 is 1.41 bits per heavy atom. The van der Waals surface area contributed by atoms with Gasteiger partial charge in [0.15, 0.2) is 0 Å². The summed E-state index contributed by atoms with van der Waals surface area (Å²) in [5, 5.41) is 0.485. The Balaban J connectivity index is 2.52. The third-order valence-corrected chi connectivity index (χ3v) is 3.09. The fraction of sp³-hybridized carbons (Fsp3) is 0.583. The van der Waals surface area contributed by atoms with E-state index < -0.39 is 0 Å². The number of alkyl halides is 1. The van der Waals surface area contributed by atoms with Gasteiger partial charge in [0.25, 0.3) is 0 Å². The highest BCUT2D eigenvalue weighted by molar-refractivity contribution is 6.32. The van der Waals surface area contributed by atoms with Crippen molar-refractivity contribution in [2.75, 3.05) is 13.7 Å². The van der Waals surface area contributed by atoms with Gasteiger partial charge in [0.05, 0.1) is 12.2 Å². The Morgan fingerprint density at radius 3 is 2.65 bits per heavy atom. The van der Waals surface area contributed by atoms with Crippen LogP contribution in [0.5, 0.6) is 5.88 Å². The van der Waals surface area contributed by atoms with Crippen LogP contribution in [-0.4, -0.2) is 24.3 Å². The maximum absolute atomic E-state index is 6.01. The van der Waals surface area contributed by atoms with Gasteiger partial charge < -0.3 is 9.47 Å². The maximum atomic E-state index is 6.01. The number of aromatic nitrogens is 1. The molecular weight excluding hydrogens is 261 g/mol. The molecule has 0 N–H and O–H groups in total. The van der Waals surface area contributed by atoms with Crippen molar-refractivity contribution < 1.29 is 9.47 Å². The summed E-state index contributed by atoms with van der Waals surface area (Å²) in [5.41, 5.74) is 0.670. The Labute approximate surface area is 112 Å². The molecule has 0 unspecified atom stereocenters. The second-order valence-electron chi connectivity index (χ2n) is 4.33. The topological polar surface area (TPSA) is 31.4 Å². The zero-order chi connectivity index (χ0) is 12.9. The first-order valence-electron chi connectivity index (χ1n) is 5.37. The van der Waals surface area contributed by atoms with Crippen molar-refractivity contribution in [2.45, 2.75) is 31.7 Å². The van der Waals surface area contributed by atoms with E-state index in [9.17, 15) is 0 Å². The Hall–Kier alpha value is -0.510. The highest BCUT2D eigenvalue weighted by atomic mass is 35.5. The van der Waals surface area contributed by atoms with Crippen molar-refractivity contribution in [2.24, 2.45) is 0 Å². The molecule has 0 aliphatic carbocycles. The molecule has 1 aromatic heterocycles. The fourth-order valence-electron chi connectivity index (χ4n) is 1.14. The molecule has 1 rings (SSSR count). The summed E-state index contributed by atoms with van der Waals surface area (Å²) in [6, 6.07) is 1.76. The SMILES string of the molecule is COC(C)(C)CCOc1ncc(CCl)cc1Cl. The quantitative estimate of drug-likeness (QED) is 0.744. The van der Waals surface area contributed by atoms with Crippen molar-refractivity contribution in [3.63, 3.8) is 0 Å². The monoisotopic (exact) mass is 277 g/mol. The summed E-state index contributed by atoms with van der Waals surface area (Å²) in [5.74, 6) is 0.830. The summed E-state index contributed by atoms with van der Waals surface area (Å²) in [6.07, 6.45) is 2.43. The zero-order valence-electron chi connectivity index (χ0n) is 10.3. The number of nitrogens with zero attached hydrogens (tertiary/aromatic N) is 1. The number of hydrogen-bond acceptors (Lipinski definition) is 3. The molecule has 5 heteroatoms. The van der Waals surface area contributed by atoms with Gasteiger partial charge >= 0.3 is 0 Å². The lowest BCUT2D eigenvalue weighted by molar-refractivity contribution is 0.00509. The van der Waals surface area contributed by atoms with Crippen LogP contribution in [0.3, 0.4) is 0 Å². The standard InChI is InChI=1S/C12H17Cl2NO2/c1-12(2,16-3)4-5-17-11-10(14)6-9(7-13)8-15-11/h6,8H,4-5,7H2,1-3H3. The molecule has 1 aromatic rings. The van der Waals surface area contributed by atoms with Crippen LogP contribution >= 0.6 is 23.2 Å². The predicted octanol–water partition coefficient (Wildman–Crippen LogP) is 3.67. The minimum Gasteiger partial charge on any atom is -0.476 e. The molecule has 1 heterocycles. The van der Waals surface area contributed by atoms with Crippen LogP contribution in [0.15, 0.2) is 12.3 Å². The largest absolute Gasteiger partial charge is 0.476 e. The molecular formula is C12H17Cl2NO2. The smallest absolute Gasteiger partial charge is 0.232 e. The lowest BCUT2D eigenvalue weighted by atomic mass is 10.1. The van der Waals surface area contributed by atoms with Gasteiger partial charge in [0, 0.05) is 25.6 Å². The van der Waals surface area contributed by atoms with Gasteiger partial charge in [-0.3, -0.25) is 0 Å². The summed E-state index contributed by atoms with van der Waals surface area (Å²) in [7, 11) is 1.68. The van der Waals surface area contributed by atoms with Gasteiger partial charge in [-0.1, -0.05) is 11.6 Å². The van der Waals surface area contributed by atoms with E-state index in [2.05, 4.69) is 4.98 Å². The molecule has 0 bridgehead atoms. The molecule has 0 aliphatic heterocycles. The van der Waals surface area contributed by atoms with Gasteiger partial charge in [-0.25, -0.2) is 4.98 Å². The van der Waals surface area contributed by atoms with Crippen LogP contribution in [0, 0.1) is 0 Å². The molecule has 0 aliphatic rings. The molecule has 17 heavy (non-hydrogen) atoms. The molecule has 0 aromatic carbocycles. The first-order chi connectivity index (χ1) is 7.98. The average Bonchev–Trinajstić information content (AvgIpc) is 2.31. The number of rotatable bonds is 6. The normalized spacial score (nSPS) is 11.6. The Kier molecular flexibility index (Phi) is 5.50. The van der Waals surface area contributed by atoms with E-state index in [0.29, 0.717) is 23.4 Å². The van der Waals surface area contributed by atoms with Crippen molar-refractivity contribution in [3.8, 4) is 5.88 Å². The van der Waals surface area contributed by atoms with Gasteiger partial charge in [0.2, 0.25) is 5.88 Å². The third-order valence-electron chi connectivity index (χ3n) is 2.51. The first kappa shape index (κ1) is 14.6. The van der Waals surface area contributed by atoms with E-state index in [1.807, 2.05) is 13.8 Å². The Bertz CT molecular complexity index is 370. The van der Waals surface area contributed by atoms with E-state index in [1.165, 1.54) is 0 Å². The fourth-order valence-corrected chi connectivity index (χ4v) is 1.53. The van der Waals surface area contributed by atoms with Crippen LogP contribution < -0.4 is 4.74 Å². The molecule has 0 saturated heterocycles. The lowest BCUT2D eigenvalue weighted by Crippen LogP contribution is -2.25. The summed E-state index contributed by atoms with van der Waals surface area (Å²) >= 11 is 11.7. The minimum atomic E-state index is -0.206. The Morgan fingerprint density at radius 2 is 2.12 bits per heavy atom. The van der Waals surface area contributed by atoms with Crippen LogP contribution in [0.2, 0.25) is 5.02 Å². The summed E-state index contributed by atoms with van der Waals surface area (Å²) < 4.78 is 10.8. The number of ether oxygens (including phenoxy) is 2. The minimum absolute atomic E-state index is 0.206. The summed E-state index contributed by atoms with van der Waals surface area (Å²) in [4.78, 5) is 4.12. The van der Waals surface area contributed by atoms with E-state index in [4.69, 9.17) is 32.7 Å². The predicted molar refractivity (Wildman–Crippen MR) is 70.0 cm³/mol. The van der Waals surface area contributed by atoms with Gasteiger partial charge in [0.1, 0.15) is 5.02 Å². The molecule has 3 nitrogen and oxygen atoms in total. The molecule has 0 amide bonds. The van der Waals surface area contributed by atoms with Crippen molar-refractivity contribution in [3.05, 3.63) is 22.8 Å². The van der Waals surface area contributed by atoms with Crippen LogP contribution in [0.25, 0.3) is 0 Å². The molecule has 0 spiro atoms. The molecule has 0 radical (unpaired) electrons. The third kappa shape index (κ3) is 4.70. The highest BCUT2D eigenvalue weighted by Crippen LogP contribution is 2.24.